The Hall–Kier alpha value is -1.46. The number of fused-ring (bicyclic) bond motifs is 1. The van der Waals surface area contributed by atoms with Gasteiger partial charge in [-0.05, 0) is 28.8 Å². The molecular formula is C13H13N3S2. The monoisotopic (exact) mass is 275 g/mol. The van der Waals surface area contributed by atoms with Crippen LogP contribution >= 0.6 is 22.7 Å². The van der Waals surface area contributed by atoms with Crippen molar-refractivity contribution in [1.29, 1.82) is 0 Å². The van der Waals surface area contributed by atoms with Crippen molar-refractivity contribution in [2.45, 2.75) is 19.9 Å². The second-order valence-corrected chi connectivity index (χ2v) is 5.94. The number of rotatable bonds is 4. The predicted molar refractivity (Wildman–Crippen MR) is 78.4 cm³/mol. The van der Waals surface area contributed by atoms with Gasteiger partial charge >= 0.3 is 0 Å². The minimum atomic E-state index is 0.808. The Balaban J connectivity index is 1.76. The minimum Gasteiger partial charge on any atom is -0.356 e. The molecule has 1 N–H and O–H groups in total. The highest BCUT2D eigenvalue weighted by molar-refractivity contribution is 7.17. The van der Waals surface area contributed by atoms with Gasteiger partial charge in [-0.15, -0.1) is 21.5 Å². The van der Waals surface area contributed by atoms with Gasteiger partial charge in [-0.3, -0.25) is 0 Å². The molecule has 0 saturated heterocycles. The van der Waals surface area contributed by atoms with Gasteiger partial charge in [-0.2, -0.15) is 0 Å². The van der Waals surface area contributed by atoms with E-state index >= 15 is 0 Å². The molecule has 0 saturated carbocycles. The van der Waals surface area contributed by atoms with E-state index in [0.717, 1.165) is 23.1 Å². The number of benzene rings is 1. The number of hydrogen-bond donors (Lipinski definition) is 1. The van der Waals surface area contributed by atoms with Gasteiger partial charge in [0.05, 0.1) is 0 Å². The second kappa shape index (κ2) is 5.04. The molecule has 0 aliphatic heterocycles. The van der Waals surface area contributed by atoms with Crippen LogP contribution < -0.4 is 5.32 Å². The fourth-order valence-corrected chi connectivity index (χ4v) is 3.45. The van der Waals surface area contributed by atoms with Crippen molar-refractivity contribution in [1.82, 2.24) is 10.2 Å². The second-order valence-electron chi connectivity index (χ2n) is 3.97. The van der Waals surface area contributed by atoms with Gasteiger partial charge in [0.1, 0.15) is 5.01 Å². The quantitative estimate of drug-likeness (QED) is 0.784. The molecule has 2 heterocycles. The fourth-order valence-electron chi connectivity index (χ4n) is 1.81. The topological polar surface area (TPSA) is 37.8 Å². The Morgan fingerprint density at radius 2 is 2.11 bits per heavy atom. The third-order valence-corrected chi connectivity index (χ3v) is 4.80. The SMILES string of the molecule is CCc1nnc(NCc2csc3ccccc23)s1. The van der Waals surface area contributed by atoms with Gasteiger partial charge in [-0.25, -0.2) is 0 Å². The van der Waals surface area contributed by atoms with Gasteiger partial charge in [0.2, 0.25) is 5.13 Å². The summed E-state index contributed by atoms with van der Waals surface area (Å²) in [6.07, 6.45) is 0.945. The largest absolute Gasteiger partial charge is 0.356 e. The van der Waals surface area contributed by atoms with E-state index < -0.39 is 0 Å². The van der Waals surface area contributed by atoms with Crippen molar-refractivity contribution in [2.75, 3.05) is 5.32 Å². The Kier molecular flexibility index (Phi) is 3.25. The van der Waals surface area contributed by atoms with Gasteiger partial charge in [0.15, 0.2) is 0 Å². The number of nitrogens with one attached hydrogen (secondary N) is 1. The lowest BCUT2D eigenvalue weighted by Gasteiger charge is -2.00. The Morgan fingerprint density at radius 3 is 2.94 bits per heavy atom. The normalized spacial score (nSPS) is 10.9. The molecule has 5 heteroatoms. The molecule has 3 nitrogen and oxygen atoms in total. The maximum atomic E-state index is 4.13. The van der Waals surface area contributed by atoms with Gasteiger partial charge in [0, 0.05) is 11.2 Å². The smallest absolute Gasteiger partial charge is 0.205 e. The number of aryl methyl sites for hydroxylation is 1. The summed E-state index contributed by atoms with van der Waals surface area (Å²) < 4.78 is 1.33. The predicted octanol–water partition coefficient (Wildman–Crippen LogP) is 3.93. The van der Waals surface area contributed by atoms with Crippen molar-refractivity contribution < 1.29 is 0 Å². The van der Waals surface area contributed by atoms with E-state index in [1.54, 1.807) is 22.7 Å². The van der Waals surface area contributed by atoms with Crippen LogP contribution in [0.3, 0.4) is 0 Å². The number of aromatic nitrogens is 2. The standard InChI is InChI=1S/C13H13N3S2/c1-2-12-15-16-13(18-12)14-7-9-8-17-11-6-4-3-5-10(9)11/h3-6,8H,2,7H2,1H3,(H,14,16). The zero-order chi connectivity index (χ0) is 12.4. The van der Waals surface area contributed by atoms with Crippen LogP contribution in [0.1, 0.15) is 17.5 Å². The first-order valence-electron chi connectivity index (χ1n) is 5.88. The molecule has 0 unspecified atom stereocenters. The molecule has 3 aromatic rings. The molecule has 0 radical (unpaired) electrons. The molecule has 0 bridgehead atoms. The van der Waals surface area contributed by atoms with Crippen LogP contribution in [0, 0.1) is 0 Å². The number of anilines is 1. The first kappa shape index (κ1) is 11.6. The van der Waals surface area contributed by atoms with Crippen molar-refractivity contribution in [3.05, 3.63) is 40.2 Å². The Morgan fingerprint density at radius 1 is 1.22 bits per heavy atom. The fraction of sp³-hybridized carbons (Fsp3) is 0.231. The third kappa shape index (κ3) is 2.23. The summed E-state index contributed by atoms with van der Waals surface area (Å²) in [5.74, 6) is 0. The molecule has 92 valence electrons. The first-order valence-corrected chi connectivity index (χ1v) is 7.58. The van der Waals surface area contributed by atoms with Crippen molar-refractivity contribution in [3.8, 4) is 0 Å². The molecule has 0 spiro atoms. The molecule has 0 aliphatic carbocycles. The summed E-state index contributed by atoms with van der Waals surface area (Å²) in [7, 11) is 0. The maximum Gasteiger partial charge on any atom is 0.205 e. The lowest BCUT2D eigenvalue weighted by molar-refractivity contribution is 0.976. The van der Waals surface area contributed by atoms with E-state index in [0.29, 0.717) is 0 Å². The van der Waals surface area contributed by atoms with Crippen LogP contribution in [0.4, 0.5) is 5.13 Å². The summed E-state index contributed by atoms with van der Waals surface area (Å²) in [4.78, 5) is 0. The highest BCUT2D eigenvalue weighted by Crippen LogP contribution is 2.26. The van der Waals surface area contributed by atoms with E-state index in [2.05, 4.69) is 52.1 Å². The highest BCUT2D eigenvalue weighted by Gasteiger charge is 2.05. The molecule has 3 rings (SSSR count). The van der Waals surface area contributed by atoms with Crippen molar-refractivity contribution in [3.63, 3.8) is 0 Å². The van der Waals surface area contributed by atoms with Crippen LogP contribution in [0.5, 0.6) is 0 Å². The van der Waals surface area contributed by atoms with E-state index in [9.17, 15) is 0 Å². The summed E-state index contributed by atoms with van der Waals surface area (Å²) in [6.45, 7) is 2.90. The maximum absolute atomic E-state index is 4.13. The van der Waals surface area contributed by atoms with Crippen molar-refractivity contribution in [2.24, 2.45) is 0 Å². The molecule has 0 aliphatic rings. The van der Waals surface area contributed by atoms with Gasteiger partial charge in [-0.1, -0.05) is 36.5 Å². The molecule has 2 aromatic heterocycles. The van der Waals surface area contributed by atoms with E-state index in [1.165, 1.54) is 15.6 Å². The average molecular weight is 275 g/mol. The number of nitrogens with zero attached hydrogens (tertiary/aromatic N) is 2. The summed E-state index contributed by atoms with van der Waals surface area (Å²) >= 11 is 3.42. The van der Waals surface area contributed by atoms with E-state index in [-0.39, 0.29) is 0 Å². The van der Waals surface area contributed by atoms with Gasteiger partial charge < -0.3 is 5.32 Å². The molecule has 18 heavy (non-hydrogen) atoms. The highest BCUT2D eigenvalue weighted by atomic mass is 32.1. The average Bonchev–Trinajstić information content (AvgIpc) is 3.03. The Labute approximate surface area is 114 Å². The number of thiophene rings is 1. The summed E-state index contributed by atoms with van der Waals surface area (Å²) in [5, 5.41) is 17.1. The molecule has 0 fully saturated rings. The molecular weight excluding hydrogens is 262 g/mol. The van der Waals surface area contributed by atoms with Gasteiger partial charge in [0.25, 0.3) is 0 Å². The third-order valence-electron chi connectivity index (χ3n) is 2.76. The Bertz CT molecular complexity index is 657. The molecule has 0 atom stereocenters. The number of hydrogen-bond acceptors (Lipinski definition) is 5. The van der Waals surface area contributed by atoms with E-state index in [4.69, 9.17) is 0 Å². The lowest BCUT2D eigenvalue weighted by Crippen LogP contribution is -1.97. The first-order chi connectivity index (χ1) is 8.86. The van der Waals surface area contributed by atoms with Crippen molar-refractivity contribution >= 4 is 37.9 Å². The van der Waals surface area contributed by atoms with Crippen LogP contribution in [-0.2, 0) is 13.0 Å². The summed E-state index contributed by atoms with van der Waals surface area (Å²) in [6, 6.07) is 8.48. The minimum absolute atomic E-state index is 0.808. The summed E-state index contributed by atoms with van der Waals surface area (Å²) in [5.41, 5.74) is 1.32. The van der Waals surface area contributed by atoms with Crippen LogP contribution in [0.15, 0.2) is 29.6 Å². The van der Waals surface area contributed by atoms with Crippen LogP contribution in [-0.4, -0.2) is 10.2 Å². The van der Waals surface area contributed by atoms with E-state index in [1.807, 2.05) is 0 Å². The molecule has 1 aromatic carbocycles. The zero-order valence-corrected chi connectivity index (χ0v) is 11.6. The molecule has 0 amide bonds. The zero-order valence-electron chi connectivity index (χ0n) is 10.0. The van der Waals surface area contributed by atoms with Crippen LogP contribution in [0.2, 0.25) is 0 Å². The lowest BCUT2D eigenvalue weighted by atomic mass is 10.2. The van der Waals surface area contributed by atoms with Crippen LogP contribution in [0.25, 0.3) is 10.1 Å².